The lowest BCUT2D eigenvalue weighted by Gasteiger charge is -2.31. The number of methoxy groups -OCH3 is 1. The van der Waals surface area contributed by atoms with Crippen LogP contribution in [0.4, 0.5) is 10.5 Å². The smallest absolute Gasteiger partial charge is 0.407 e. The van der Waals surface area contributed by atoms with Crippen LogP contribution in [0.3, 0.4) is 0 Å². The predicted octanol–water partition coefficient (Wildman–Crippen LogP) is 5.60. The van der Waals surface area contributed by atoms with Gasteiger partial charge in [0, 0.05) is 29.7 Å². The van der Waals surface area contributed by atoms with Crippen molar-refractivity contribution in [3.05, 3.63) is 131 Å². The van der Waals surface area contributed by atoms with E-state index in [2.05, 4.69) is 16.0 Å². The number of morpholine rings is 1. The van der Waals surface area contributed by atoms with Crippen molar-refractivity contribution in [1.82, 2.24) is 10.6 Å². The van der Waals surface area contributed by atoms with Crippen LogP contribution in [0.2, 0.25) is 5.02 Å². The number of ether oxygens (including phenoxy) is 2. The molecule has 4 aromatic rings. The molecule has 3 N–H and O–H groups in total. The van der Waals surface area contributed by atoms with Crippen LogP contribution in [-0.2, 0) is 30.5 Å². The number of amides is 2. The number of benzene rings is 4. The molecule has 9 nitrogen and oxygen atoms in total. The molecule has 0 radical (unpaired) electrons. The Morgan fingerprint density at radius 3 is 2.11 bits per heavy atom. The number of sulfone groups is 1. The number of halogens is 1. The standard InChI is InChI=1S/C36H38ClN3O6S/c1-45-36(42)40-34(33(26-11-4-2-5-12-26)27-13-6-3-7-14-27)35(41)39-32-15-9-8-10-25(32)16-19-29-22-38-23-30(46-29)24-47(43,44)31-20-17-28(37)18-21-31/h2-15,17-18,20-21,29-30,33-34,38H,16,19,22-24H2,1H3,(H,39,41)(H,40,42)/t29-,30+,34+/m1/s1. The third-order valence-electron chi connectivity index (χ3n) is 8.11. The molecule has 0 saturated carbocycles. The van der Waals surface area contributed by atoms with Crippen LogP contribution in [0.1, 0.15) is 29.0 Å². The monoisotopic (exact) mass is 675 g/mol. The lowest BCUT2D eigenvalue weighted by Crippen LogP contribution is -2.48. The van der Waals surface area contributed by atoms with Gasteiger partial charge in [0.2, 0.25) is 5.91 Å². The first-order chi connectivity index (χ1) is 22.7. The number of nitrogens with one attached hydrogen (secondary N) is 3. The summed E-state index contributed by atoms with van der Waals surface area (Å²) in [5.74, 6) is -1.04. The first-order valence-corrected chi connectivity index (χ1v) is 17.4. The van der Waals surface area contributed by atoms with Gasteiger partial charge >= 0.3 is 6.09 Å². The minimum absolute atomic E-state index is 0.149. The van der Waals surface area contributed by atoms with E-state index in [4.69, 9.17) is 21.1 Å². The highest BCUT2D eigenvalue weighted by atomic mass is 35.5. The van der Waals surface area contributed by atoms with Crippen molar-refractivity contribution >= 4 is 39.1 Å². The van der Waals surface area contributed by atoms with Gasteiger partial charge in [0.1, 0.15) is 6.04 Å². The number of para-hydroxylation sites is 1. The average Bonchev–Trinajstić information content (AvgIpc) is 3.08. The highest BCUT2D eigenvalue weighted by molar-refractivity contribution is 7.91. The fraction of sp³-hybridized carbons (Fsp3) is 0.278. The first-order valence-electron chi connectivity index (χ1n) is 15.4. The summed E-state index contributed by atoms with van der Waals surface area (Å²) < 4.78 is 37.1. The van der Waals surface area contributed by atoms with E-state index < -0.39 is 39.9 Å². The van der Waals surface area contributed by atoms with Gasteiger partial charge in [-0.1, -0.05) is 90.5 Å². The quantitative estimate of drug-likeness (QED) is 0.179. The zero-order valence-electron chi connectivity index (χ0n) is 26.0. The molecule has 0 unspecified atom stereocenters. The van der Waals surface area contributed by atoms with E-state index in [1.807, 2.05) is 84.9 Å². The summed E-state index contributed by atoms with van der Waals surface area (Å²) in [5.41, 5.74) is 3.21. The summed E-state index contributed by atoms with van der Waals surface area (Å²) in [6.07, 6.45) is -0.299. The van der Waals surface area contributed by atoms with E-state index in [-0.39, 0.29) is 16.8 Å². The Hall–Kier alpha value is -4.22. The van der Waals surface area contributed by atoms with Crippen LogP contribution in [-0.4, -0.2) is 64.6 Å². The van der Waals surface area contributed by atoms with E-state index in [1.54, 1.807) is 12.1 Å². The van der Waals surface area contributed by atoms with E-state index in [9.17, 15) is 18.0 Å². The number of hydrogen-bond acceptors (Lipinski definition) is 7. The van der Waals surface area contributed by atoms with Crippen molar-refractivity contribution in [3.8, 4) is 0 Å². The van der Waals surface area contributed by atoms with Crippen LogP contribution in [0.5, 0.6) is 0 Å². The number of anilines is 1. The van der Waals surface area contributed by atoms with Crippen molar-refractivity contribution in [2.75, 3.05) is 31.3 Å². The van der Waals surface area contributed by atoms with E-state index in [0.717, 1.165) is 16.7 Å². The minimum Gasteiger partial charge on any atom is -0.453 e. The third kappa shape index (κ3) is 9.20. The number of carbonyl (C=O) groups is 2. The summed E-state index contributed by atoms with van der Waals surface area (Å²) >= 11 is 5.93. The fourth-order valence-corrected chi connectivity index (χ4v) is 7.35. The number of aryl methyl sites for hydroxylation is 1. The van der Waals surface area contributed by atoms with Gasteiger partial charge in [0.05, 0.1) is 30.0 Å². The SMILES string of the molecule is COC(=O)N[C@H](C(=O)Nc1ccccc1CC[C@@H]1CNC[C@@H](CS(=O)(=O)c2ccc(Cl)cc2)O1)C(c1ccccc1)c1ccccc1. The zero-order chi connectivity index (χ0) is 33.2. The van der Waals surface area contributed by atoms with Crippen LogP contribution >= 0.6 is 11.6 Å². The van der Waals surface area contributed by atoms with Gasteiger partial charge in [-0.25, -0.2) is 13.2 Å². The van der Waals surface area contributed by atoms with Gasteiger partial charge in [-0.05, 0) is 59.9 Å². The highest BCUT2D eigenvalue weighted by Crippen LogP contribution is 2.30. The molecule has 4 aromatic carbocycles. The number of alkyl carbamates (subject to hydrolysis) is 1. The molecular formula is C36H38ClN3O6S. The van der Waals surface area contributed by atoms with Crippen molar-refractivity contribution < 1.29 is 27.5 Å². The molecule has 1 saturated heterocycles. The molecule has 11 heteroatoms. The second-order valence-corrected chi connectivity index (χ2v) is 13.8. The predicted molar refractivity (Wildman–Crippen MR) is 182 cm³/mol. The molecule has 3 atom stereocenters. The maximum Gasteiger partial charge on any atom is 0.407 e. The molecule has 1 heterocycles. The number of hydrogen-bond donors (Lipinski definition) is 3. The average molecular weight is 676 g/mol. The Morgan fingerprint density at radius 2 is 1.47 bits per heavy atom. The van der Waals surface area contributed by atoms with Crippen molar-refractivity contribution in [3.63, 3.8) is 0 Å². The molecule has 0 spiro atoms. The van der Waals surface area contributed by atoms with E-state index in [1.165, 1.54) is 19.2 Å². The van der Waals surface area contributed by atoms with Crippen molar-refractivity contribution in [2.24, 2.45) is 0 Å². The third-order valence-corrected chi connectivity index (χ3v) is 10.2. The van der Waals surface area contributed by atoms with Crippen LogP contribution < -0.4 is 16.0 Å². The van der Waals surface area contributed by atoms with Gasteiger partial charge in [-0.2, -0.15) is 0 Å². The molecule has 0 aromatic heterocycles. The molecule has 47 heavy (non-hydrogen) atoms. The molecule has 2 amide bonds. The van der Waals surface area contributed by atoms with Crippen LogP contribution in [0, 0.1) is 0 Å². The molecule has 1 aliphatic heterocycles. The second kappa shape index (κ2) is 16.1. The van der Waals surface area contributed by atoms with Gasteiger partial charge in [-0.15, -0.1) is 0 Å². The Kier molecular flexibility index (Phi) is 11.7. The summed E-state index contributed by atoms with van der Waals surface area (Å²) in [5, 5.41) is 9.60. The Balaban J connectivity index is 1.29. The Bertz CT molecular complexity index is 1700. The summed E-state index contributed by atoms with van der Waals surface area (Å²) in [7, 11) is -2.30. The lowest BCUT2D eigenvalue weighted by atomic mass is 9.84. The molecule has 1 fully saturated rings. The van der Waals surface area contributed by atoms with Gasteiger partial charge in [-0.3, -0.25) is 4.79 Å². The zero-order valence-corrected chi connectivity index (χ0v) is 27.5. The summed E-state index contributed by atoms with van der Waals surface area (Å²) in [6, 6.07) is 31.7. The summed E-state index contributed by atoms with van der Waals surface area (Å²) in [6.45, 7) is 1.00. The fourth-order valence-electron chi connectivity index (χ4n) is 5.80. The molecule has 246 valence electrons. The van der Waals surface area contributed by atoms with Crippen molar-refractivity contribution in [2.45, 2.75) is 41.9 Å². The van der Waals surface area contributed by atoms with Gasteiger partial charge in [0.15, 0.2) is 9.84 Å². The summed E-state index contributed by atoms with van der Waals surface area (Å²) in [4.78, 5) is 26.8. The maximum absolute atomic E-state index is 14.0. The lowest BCUT2D eigenvalue weighted by molar-refractivity contribution is -0.118. The van der Waals surface area contributed by atoms with Crippen LogP contribution in [0.25, 0.3) is 0 Å². The van der Waals surface area contributed by atoms with E-state index >= 15 is 0 Å². The van der Waals surface area contributed by atoms with E-state index in [0.29, 0.717) is 36.6 Å². The molecule has 0 bridgehead atoms. The number of carbonyl (C=O) groups excluding carboxylic acids is 2. The first kappa shape index (κ1) is 34.1. The molecule has 5 rings (SSSR count). The molecule has 1 aliphatic rings. The maximum atomic E-state index is 14.0. The minimum atomic E-state index is -3.56. The Morgan fingerprint density at radius 1 is 0.872 bits per heavy atom. The van der Waals surface area contributed by atoms with Crippen LogP contribution in [0.15, 0.2) is 114 Å². The largest absolute Gasteiger partial charge is 0.453 e. The normalized spacial score (nSPS) is 17.1. The number of rotatable bonds is 12. The van der Waals surface area contributed by atoms with Gasteiger partial charge < -0.3 is 25.4 Å². The highest BCUT2D eigenvalue weighted by Gasteiger charge is 2.33. The topological polar surface area (TPSA) is 123 Å². The van der Waals surface area contributed by atoms with Gasteiger partial charge in [0.25, 0.3) is 0 Å². The Labute approximate surface area is 280 Å². The second-order valence-electron chi connectivity index (χ2n) is 11.4. The molecule has 0 aliphatic carbocycles. The molecular weight excluding hydrogens is 638 g/mol. The van der Waals surface area contributed by atoms with Crippen molar-refractivity contribution in [1.29, 1.82) is 0 Å².